The molecule has 0 aliphatic carbocycles. The van der Waals surface area contributed by atoms with E-state index in [2.05, 4.69) is 20.0 Å². The zero-order valence-electron chi connectivity index (χ0n) is 10.5. The number of carbonyl (C=O) groups is 2. The molecule has 0 saturated carbocycles. The van der Waals surface area contributed by atoms with Crippen LogP contribution >= 0.6 is 11.5 Å². The number of nitrogens with zero attached hydrogens (tertiary/aromatic N) is 2. The van der Waals surface area contributed by atoms with E-state index in [-0.39, 0.29) is 5.13 Å². The van der Waals surface area contributed by atoms with Gasteiger partial charge in [-0.15, -0.1) is 0 Å². The number of aromatic carboxylic acids is 1. The van der Waals surface area contributed by atoms with Gasteiger partial charge in [0.1, 0.15) is 17.5 Å². The summed E-state index contributed by atoms with van der Waals surface area (Å²) in [5, 5.41) is 13.3. The number of hydrogen-bond acceptors (Lipinski definition) is 5. The number of halogens is 2. The Balaban J connectivity index is 2.17. The van der Waals surface area contributed by atoms with Crippen molar-refractivity contribution in [3.63, 3.8) is 0 Å². The van der Waals surface area contributed by atoms with Crippen molar-refractivity contribution in [1.82, 2.24) is 9.36 Å². The van der Waals surface area contributed by atoms with Gasteiger partial charge >= 0.3 is 12.0 Å². The van der Waals surface area contributed by atoms with E-state index < -0.39 is 34.9 Å². The molecule has 0 radical (unpaired) electrons. The molecule has 0 aliphatic heterocycles. The fourth-order valence-corrected chi connectivity index (χ4v) is 1.98. The van der Waals surface area contributed by atoms with E-state index in [9.17, 15) is 18.4 Å². The maximum Gasteiger partial charge on any atom is 0.338 e. The molecule has 7 nitrogen and oxygen atoms in total. The molecule has 3 N–H and O–H groups in total. The second-order valence-corrected chi connectivity index (χ2v) is 4.59. The number of aromatic nitrogens is 2. The molecule has 2 aromatic rings. The van der Waals surface area contributed by atoms with Crippen LogP contribution in [0.3, 0.4) is 0 Å². The predicted molar refractivity (Wildman–Crippen MR) is 70.6 cm³/mol. The van der Waals surface area contributed by atoms with Crippen LogP contribution < -0.4 is 10.6 Å². The van der Waals surface area contributed by atoms with Crippen LogP contribution in [0.1, 0.15) is 16.2 Å². The van der Waals surface area contributed by atoms with E-state index in [0.29, 0.717) is 18.0 Å². The van der Waals surface area contributed by atoms with Crippen molar-refractivity contribution in [1.29, 1.82) is 0 Å². The Hall–Kier alpha value is -2.62. The average molecular weight is 314 g/mol. The average Bonchev–Trinajstić information content (AvgIpc) is 2.77. The molecule has 0 unspecified atom stereocenters. The Bertz CT molecular complexity index is 719. The summed E-state index contributed by atoms with van der Waals surface area (Å²) in [6.45, 7) is 1.62. The lowest BCUT2D eigenvalue weighted by atomic mass is 10.2. The Labute approximate surface area is 120 Å². The van der Waals surface area contributed by atoms with E-state index in [1.165, 1.54) is 0 Å². The third-order valence-corrected chi connectivity index (χ3v) is 3.01. The number of benzene rings is 1. The molecule has 0 spiro atoms. The van der Waals surface area contributed by atoms with Gasteiger partial charge in [0.25, 0.3) is 0 Å². The van der Waals surface area contributed by atoms with Gasteiger partial charge in [-0.1, -0.05) is 0 Å². The van der Waals surface area contributed by atoms with Gasteiger partial charge in [0.05, 0.1) is 11.3 Å². The van der Waals surface area contributed by atoms with E-state index in [4.69, 9.17) is 5.11 Å². The fraction of sp³-hybridized carbons (Fsp3) is 0.0909. The largest absolute Gasteiger partial charge is 0.478 e. The number of urea groups is 1. The number of nitrogens with one attached hydrogen (secondary N) is 2. The number of aryl methyl sites for hydroxylation is 1. The molecule has 0 bridgehead atoms. The number of rotatable bonds is 3. The summed E-state index contributed by atoms with van der Waals surface area (Å²) in [6, 6.07) is 0.222. The van der Waals surface area contributed by atoms with E-state index in [1.54, 1.807) is 6.92 Å². The maximum atomic E-state index is 13.5. The molecule has 1 aromatic heterocycles. The van der Waals surface area contributed by atoms with Gasteiger partial charge in [-0.3, -0.25) is 5.32 Å². The van der Waals surface area contributed by atoms with Gasteiger partial charge in [-0.05, 0) is 13.0 Å². The first-order chi connectivity index (χ1) is 9.86. The topological polar surface area (TPSA) is 104 Å². The summed E-state index contributed by atoms with van der Waals surface area (Å²) in [5.74, 6) is -3.45. The lowest BCUT2D eigenvalue weighted by Gasteiger charge is -2.08. The van der Waals surface area contributed by atoms with E-state index >= 15 is 0 Å². The van der Waals surface area contributed by atoms with Crippen molar-refractivity contribution in [3.8, 4) is 0 Å². The minimum atomic E-state index is -1.57. The lowest BCUT2D eigenvalue weighted by molar-refractivity contribution is 0.0692. The molecule has 0 saturated heterocycles. The van der Waals surface area contributed by atoms with Crippen molar-refractivity contribution in [2.75, 3.05) is 10.6 Å². The third-order valence-electron chi connectivity index (χ3n) is 2.28. The normalized spacial score (nSPS) is 10.2. The van der Waals surface area contributed by atoms with E-state index in [1.807, 2.05) is 0 Å². The van der Waals surface area contributed by atoms with Gasteiger partial charge in [-0.2, -0.15) is 4.37 Å². The highest BCUT2D eigenvalue weighted by Gasteiger charge is 2.17. The fourth-order valence-electron chi connectivity index (χ4n) is 1.41. The maximum absolute atomic E-state index is 13.5. The van der Waals surface area contributed by atoms with Gasteiger partial charge < -0.3 is 10.4 Å². The number of carboxylic acid groups (broad SMARTS) is 1. The second kappa shape index (κ2) is 5.79. The quantitative estimate of drug-likeness (QED) is 0.807. The number of anilines is 2. The van der Waals surface area contributed by atoms with Crippen LogP contribution in [0, 0.1) is 18.6 Å². The molecule has 1 heterocycles. The Morgan fingerprint density at radius 3 is 2.52 bits per heavy atom. The lowest BCUT2D eigenvalue weighted by Crippen LogP contribution is -2.20. The number of carboxylic acids is 1. The molecule has 2 amide bonds. The zero-order valence-corrected chi connectivity index (χ0v) is 11.3. The minimum absolute atomic E-state index is 0.186. The molecule has 2 rings (SSSR count). The van der Waals surface area contributed by atoms with Crippen LogP contribution in [-0.4, -0.2) is 26.5 Å². The molecular formula is C11H8F2N4O3S. The molecule has 0 fully saturated rings. The summed E-state index contributed by atoms with van der Waals surface area (Å²) in [5.41, 5.74) is -1.22. The van der Waals surface area contributed by atoms with Gasteiger partial charge in [0.15, 0.2) is 0 Å². The third kappa shape index (κ3) is 3.48. The van der Waals surface area contributed by atoms with Crippen molar-refractivity contribution in [2.24, 2.45) is 0 Å². The van der Waals surface area contributed by atoms with Crippen molar-refractivity contribution in [2.45, 2.75) is 6.92 Å². The van der Waals surface area contributed by atoms with Crippen LogP contribution in [0.25, 0.3) is 0 Å². The Morgan fingerprint density at radius 1 is 1.24 bits per heavy atom. The van der Waals surface area contributed by atoms with Crippen LogP contribution in [-0.2, 0) is 0 Å². The first-order valence-electron chi connectivity index (χ1n) is 5.47. The number of carbonyl (C=O) groups excluding carboxylic acids is 1. The summed E-state index contributed by atoms with van der Waals surface area (Å²) < 4.78 is 30.5. The molecule has 0 atom stereocenters. The zero-order chi connectivity index (χ0) is 15.6. The smallest absolute Gasteiger partial charge is 0.338 e. The van der Waals surface area contributed by atoms with Gasteiger partial charge in [-0.25, -0.2) is 23.4 Å². The summed E-state index contributed by atoms with van der Waals surface area (Å²) in [4.78, 5) is 26.2. The van der Waals surface area contributed by atoms with Gasteiger partial charge in [0.2, 0.25) is 5.13 Å². The highest BCUT2D eigenvalue weighted by Crippen LogP contribution is 2.20. The minimum Gasteiger partial charge on any atom is -0.478 e. The van der Waals surface area contributed by atoms with Crippen molar-refractivity contribution in [3.05, 3.63) is 35.2 Å². The standard InChI is InChI=1S/C11H8F2N4O3S/c1-4-14-11(21-17-4)16-10(20)15-8-2-5(9(18)19)6(12)3-7(8)13/h2-3H,1H3,(H,18,19)(H2,14,15,16,17,20). The SMILES string of the molecule is Cc1nsc(NC(=O)Nc2cc(C(=O)O)c(F)cc2F)n1. The summed E-state index contributed by atoms with van der Waals surface area (Å²) >= 11 is 0.922. The van der Waals surface area contributed by atoms with Crippen molar-refractivity contribution >= 4 is 34.4 Å². The predicted octanol–water partition coefficient (Wildman–Crippen LogP) is 2.47. The highest BCUT2D eigenvalue weighted by molar-refractivity contribution is 7.09. The number of hydrogen-bond donors (Lipinski definition) is 3. The van der Waals surface area contributed by atoms with Gasteiger partial charge in [0, 0.05) is 17.6 Å². The van der Waals surface area contributed by atoms with Crippen molar-refractivity contribution < 1.29 is 23.5 Å². The Kier molecular flexibility index (Phi) is 4.08. The summed E-state index contributed by atoms with van der Waals surface area (Å²) in [6.07, 6.45) is 0. The van der Waals surface area contributed by atoms with E-state index in [0.717, 1.165) is 11.5 Å². The van der Waals surface area contributed by atoms with Crippen LogP contribution in [0.15, 0.2) is 12.1 Å². The summed E-state index contributed by atoms with van der Waals surface area (Å²) in [7, 11) is 0. The highest BCUT2D eigenvalue weighted by atomic mass is 32.1. The molecule has 1 aromatic carbocycles. The molecule has 0 aliphatic rings. The molecule has 110 valence electrons. The van der Waals surface area contributed by atoms with Crippen LogP contribution in [0.4, 0.5) is 24.4 Å². The molecular weight excluding hydrogens is 306 g/mol. The molecule has 10 heteroatoms. The first-order valence-corrected chi connectivity index (χ1v) is 6.25. The molecule has 21 heavy (non-hydrogen) atoms. The second-order valence-electron chi connectivity index (χ2n) is 3.84. The first kappa shape index (κ1) is 14.8. The number of amides is 2. The van der Waals surface area contributed by atoms with Crippen LogP contribution in [0.5, 0.6) is 0 Å². The monoisotopic (exact) mass is 314 g/mol. The Morgan fingerprint density at radius 2 is 1.95 bits per heavy atom. The van der Waals surface area contributed by atoms with Crippen LogP contribution in [0.2, 0.25) is 0 Å².